The smallest absolute Gasteiger partial charge is 0.337 e. The molecule has 4 N–H and O–H groups in total. The van der Waals surface area contributed by atoms with E-state index in [4.69, 9.17) is 10.8 Å². The van der Waals surface area contributed by atoms with Gasteiger partial charge in [0.1, 0.15) is 5.82 Å². The molecule has 0 saturated carbocycles. The minimum Gasteiger partial charge on any atom is -0.478 e. The first-order valence-corrected chi connectivity index (χ1v) is 5.64. The average Bonchev–Trinajstić information content (AvgIpc) is 2.26. The Morgan fingerprint density at radius 3 is 2.71 bits per heavy atom. The number of nitrogens with one attached hydrogen (secondary N) is 1. The van der Waals surface area contributed by atoms with Crippen molar-refractivity contribution in [2.45, 2.75) is 20.8 Å². The number of carbonyl (C=O) groups is 1. The summed E-state index contributed by atoms with van der Waals surface area (Å²) in [6, 6.07) is 1.46. The second kappa shape index (κ2) is 5.52. The van der Waals surface area contributed by atoms with E-state index in [1.807, 2.05) is 0 Å². The van der Waals surface area contributed by atoms with Crippen LogP contribution in [0.4, 0.5) is 11.5 Å². The van der Waals surface area contributed by atoms with E-state index in [1.165, 1.54) is 12.3 Å². The maximum absolute atomic E-state index is 10.9. The summed E-state index contributed by atoms with van der Waals surface area (Å²) in [4.78, 5) is 14.9. The minimum absolute atomic E-state index is 0.0831. The van der Waals surface area contributed by atoms with E-state index in [2.05, 4.69) is 31.1 Å². The molecular weight excluding hydrogens is 218 g/mol. The molecule has 1 aromatic heterocycles. The van der Waals surface area contributed by atoms with Crippen molar-refractivity contribution in [2.24, 2.45) is 11.8 Å². The van der Waals surface area contributed by atoms with Crippen molar-refractivity contribution in [3.63, 3.8) is 0 Å². The Morgan fingerprint density at radius 1 is 1.53 bits per heavy atom. The van der Waals surface area contributed by atoms with Crippen molar-refractivity contribution in [3.05, 3.63) is 17.8 Å². The van der Waals surface area contributed by atoms with Gasteiger partial charge in [-0.25, -0.2) is 9.78 Å². The quantitative estimate of drug-likeness (QED) is 0.729. The van der Waals surface area contributed by atoms with Crippen LogP contribution in [0.1, 0.15) is 31.1 Å². The lowest BCUT2D eigenvalue weighted by Crippen LogP contribution is -2.17. The van der Waals surface area contributed by atoms with Crippen molar-refractivity contribution in [3.8, 4) is 0 Å². The molecule has 0 aliphatic heterocycles. The van der Waals surface area contributed by atoms with Crippen LogP contribution in [0.2, 0.25) is 0 Å². The summed E-state index contributed by atoms with van der Waals surface area (Å²) in [5.41, 5.74) is 5.79. The van der Waals surface area contributed by atoms with Crippen LogP contribution in [0.3, 0.4) is 0 Å². The highest BCUT2D eigenvalue weighted by Gasteiger charge is 2.11. The van der Waals surface area contributed by atoms with Crippen molar-refractivity contribution < 1.29 is 9.90 Å². The van der Waals surface area contributed by atoms with Crippen molar-refractivity contribution in [1.29, 1.82) is 0 Å². The number of nitrogens with two attached hydrogens (primary N) is 1. The third-order valence-electron chi connectivity index (χ3n) is 2.91. The molecule has 0 aliphatic carbocycles. The van der Waals surface area contributed by atoms with Gasteiger partial charge in [-0.05, 0) is 17.9 Å². The lowest BCUT2D eigenvalue weighted by atomic mass is 9.98. The van der Waals surface area contributed by atoms with Crippen molar-refractivity contribution >= 4 is 17.5 Å². The van der Waals surface area contributed by atoms with E-state index in [9.17, 15) is 4.79 Å². The summed E-state index contributed by atoms with van der Waals surface area (Å²) in [7, 11) is 0. The Hall–Kier alpha value is -1.78. The van der Waals surface area contributed by atoms with Crippen LogP contribution in [0.5, 0.6) is 0 Å². The molecule has 1 atom stereocenters. The van der Waals surface area contributed by atoms with E-state index in [0.717, 1.165) is 6.54 Å². The molecule has 0 spiro atoms. The Kier molecular flexibility index (Phi) is 4.31. The predicted octanol–water partition coefficient (Wildman–Crippen LogP) is 2.07. The van der Waals surface area contributed by atoms with Gasteiger partial charge < -0.3 is 16.2 Å². The number of rotatable bonds is 5. The van der Waals surface area contributed by atoms with Crippen LogP contribution in [-0.2, 0) is 0 Å². The van der Waals surface area contributed by atoms with Gasteiger partial charge in [-0.3, -0.25) is 0 Å². The van der Waals surface area contributed by atoms with E-state index in [-0.39, 0.29) is 11.3 Å². The first-order chi connectivity index (χ1) is 7.91. The monoisotopic (exact) mass is 237 g/mol. The number of carboxylic acids is 1. The van der Waals surface area contributed by atoms with Gasteiger partial charge in [-0.15, -0.1) is 0 Å². The first-order valence-electron chi connectivity index (χ1n) is 5.64. The topological polar surface area (TPSA) is 88.2 Å². The van der Waals surface area contributed by atoms with Crippen LogP contribution >= 0.6 is 0 Å². The number of aromatic carboxylic acids is 1. The second-order valence-electron chi connectivity index (χ2n) is 4.56. The van der Waals surface area contributed by atoms with Crippen molar-refractivity contribution in [2.75, 3.05) is 17.6 Å². The van der Waals surface area contributed by atoms with Crippen LogP contribution in [0.25, 0.3) is 0 Å². The molecule has 17 heavy (non-hydrogen) atoms. The number of nitrogens with zero attached hydrogens (tertiary/aromatic N) is 1. The number of aromatic nitrogens is 1. The molecule has 1 aromatic rings. The zero-order chi connectivity index (χ0) is 13.0. The standard InChI is InChI=1S/C12H19N3O2/c1-7(2)8(3)5-14-11-4-9(12(16)17)10(13)6-15-11/h4,6-8H,5,13H2,1-3H3,(H,14,15)(H,16,17). The van der Waals surface area contributed by atoms with Gasteiger partial charge in [0, 0.05) is 6.54 Å². The molecule has 94 valence electrons. The summed E-state index contributed by atoms with van der Waals surface area (Å²) < 4.78 is 0. The number of nitrogen functional groups attached to an aromatic ring is 1. The number of carboxylic acid groups (broad SMARTS) is 1. The zero-order valence-electron chi connectivity index (χ0n) is 10.4. The van der Waals surface area contributed by atoms with Gasteiger partial charge in [-0.2, -0.15) is 0 Å². The van der Waals surface area contributed by atoms with Crippen LogP contribution < -0.4 is 11.1 Å². The highest BCUT2D eigenvalue weighted by molar-refractivity contribution is 5.94. The summed E-state index contributed by atoms with van der Waals surface area (Å²) in [5.74, 6) is 0.562. The Balaban J connectivity index is 2.73. The zero-order valence-corrected chi connectivity index (χ0v) is 10.4. The molecule has 0 amide bonds. The maximum atomic E-state index is 10.9. The Bertz CT molecular complexity index is 405. The van der Waals surface area contributed by atoms with E-state index >= 15 is 0 Å². The average molecular weight is 237 g/mol. The highest BCUT2D eigenvalue weighted by atomic mass is 16.4. The second-order valence-corrected chi connectivity index (χ2v) is 4.56. The van der Waals surface area contributed by atoms with Gasteiger partial charge in [0.05, 0.1) is 17.4 Å². The Labute approximate surface area is 101 Å². The number of pyridine rings is 1. The number of hydrogen-bond donors (Lipinski definition) is 3. The SMILES string of the molecule is CC(C)C(C)CNc1cc(C(=O)O)c(N)cn1. The first kappa shape index (κ1) is 13.3. The maximum Gasteiger partial charge on any atom is 0.337 e. The predicted molar refractivity (Wildman–Crippen MR) is 68.1 cm³/mol. The lowest BCUT2D eigenvalue weighted by molar-refractivity contribution is 0.0698. The third kappa shape index (κ3) is 3.62. The molecular formula is C12H19N3O2. The molecule has 0 saturated heterocycles. The van der Waals surface area contributed by atoms with Gasteiger partial charge in [-0.1, -0.05) is 20.8 Å². The van der Waals surface area contributed by atoms with Gasteiger partial charge >= 0.3 is 5.97 Å². The van der Waals surface area contributed by atoms with Crippen LogP contribution in [0, 0.1) is 11.8 Å². The Morgan fingerprint density at radius 2 is 2.18 bits per heavy atom. The van der Waals surface area contributed by atoms with Crippen LogP contribution in [0.15, 0.2) is 12.3 Å². The molecule has 1 rings (SSSR count). The fourth-order valence-corrected chi connectivity index (χ4v) is 1.25. The molecule has 0 aromatic carbocycles. The van der Waals surface area contributed by atoms with E-state index in [0.29, 0.717) is 17.7 Å². The molecule has 5 nitrogen and oxygen atoms in total. The van der Waals surface area contributed by atoms with E-state index < -0.39 is 5.97 Å². The summed E-state index contributed by atoms with van der Waals surface area (Å²) >= 11 is 0. The molecule has 0 aliphatic rings. The van der Waals surface area contributed by atoms with Crippen molar-refractivity contribution in [1.82, 2.24) is 4.98 Å². The van der Waals surface area contributed by atoms with Gasteiger partial charge in [0.2, 0.25) is 0 Å². The number of anilines is 2. The lowest BCUT2D eigenvalue weighted by Gasteiger charge is -2.16. The molecule has 0 fully saturated rings. The summed E-state index contributed by atoms with van der Waals surface area (Å²) in [5, 5.41) is 12.0. The van der Waals surface area contributed by atoms with Gasteiger partial charge in [0.15, 0.2) is 0 Å². The number of hydrogen-bond acceptors (Lipinski definition) is 4. The van der Waals surface area contributed by atoms with Crippen LogP contribution in [-0.4, -0.2) is 22.6 Å². The molecule has 1 unspecified atom stereocenters. The summed E-state index contributed by atoms with van der Waals surface area (Å²) in [6.45, 7) is 7.18. The van der Waals surface area contributed by atoms with E-state index in [1.54, 1.807) is 0 Å². The third-order valence-corrected chi connectivity index (χ3v) is 2.91. The largest absolute Gasteiger partial charge is 0.478 e. The molecule has 0 radical (unpaired) electrons. The molecule has 5 heteroatoms. The highest BCUT2D eigenvalue weighted by Crippen LogP contribution is 2.16. The summed E-state index contributed by atoms with van der Waals surface area (Å²) in [6.07, 6.45) is 1.37. The van der Waals surface area contributed by atoms with Gasteiger partial charge in [0.25, 0.3) is 0 Å². The molecule has 1 heterocycles. The fraction of sp³-hybridized carbons (Fsp3) is 0.500. The minimum atomic E-state index is -1.04. The molecule has 0 bridgehead atoms. The fourth-order valence-electron chi connectivity index (χ4n) is 1.25. The normalized spacial score (nSPS) is 12.5.